The molecule has 0 heterocycles. The quantitative estimate of drug-likeness (QED) is 0.655. The zero-order chi connectivity index (χ0) is 16.5. The number of benzene rings is 2. The van der Waals surface area contributed by atoms with Crippen molar-refractivity contribution in [2.45, 2.75) is 13.5 Å². The zero-order valence-corrected chi connectivity index (χ0v) is 12.7. The summed E-state index contributed by atoms with van der Waals surface area (Å²) in [5, 5.41) is 3.79. The minimum atomic E-state index is -0.631. The lowest BCUT2D eigenvalue weighted by atomic mass is 10.2. The van der Waals surface area contributed by atoms with Crippen LogP contribution in [0.3, 0.4) is 0 Å². The highest BCUT2D eigenvalue weighted by Gasteiger charge is 2.05. The highest BCUT2D eigenvalue weighted by atomic mass is 19.1. The van der Waals surface area contributed by atoms with E-state index in [0.717, 1.165) is 0 Å². The molecule has 23 heavy (non-hydrogen) atoms. The maximum atomic E-state index is 13.6. The number of carbonyl (C=O) groups excluding carboxylic acids is 1. The molecule has 0 aliphatic rings. The topological polar surface area (TPSA) is 59.9 Å². The SMILES string of the molecule is CCOC(=O)N/N=C\c1ccccc1OCc1ccccc1F. The van der Waals surface area contributed by atoms with E-state index in [-0.39, 0.29) is 19.0 Å². The lowest BCUT2D eigenvalue weighted by molar-refractivity contribution is 0.152. The van der Waals surface area contributed by atoms with Crippen molar-refractivity contribution in [1.29, 1.82) is 0 Å². The number of carbonyl (C=O) groups is 1. The Morgan fingerprint density at radius 1 is 1.22 bits per heavy atom. The largest absolute Gasteiger partial charge is 0.488 e. The molecule has 2 rings (SSSR count). The van der Waals surface area contributed by atoms with Crippen LogP contribution in [0.5, 0.6) is 5.75 Å². The number of halogens is 1. The maximum Gasteiger partial charge on any atom is 0.427 e. The Morgan fingerprint density at radius 3 is 2.74 bits per heavy atom. The molecule has 0 saturated carbocycles. The molecule has 0 spiro atoms. The van der Waals surface area contributed by atoms with Crippen LogP contribution in [-0.4, -0.2) is 18.9 Å². The molecule has 0 aliphatic carbocycles. The van der Waals surface area contributed by atoms with Gasteiger partial charge in [0.15, 0.2) is 0 Å². The Labute approximate surface area is 133 Å². The summed E-state index contributed by atoms with van der Waals surface area (Å²) in [4.78, 5) is 11.1. The Hall–Kier alpha value is -2.89. The summed E-state index contributed by atoms with van der Waals surface area (Å²) in [5.74, 6) is 0.216. The molecule has 0 aliphatic heterocycles. The predicted octanol–water partition coefficient (Wildman–Crippen LogP) is 3.48. The first-order valence-electron chi connectivity index (χ1n) is 7.11. The number of nitrogens with zero attached hydrogens (tertiary/aromatic N) is 1. The molecule has 120 valence electrons. The molecule has 0 fully saturated rings. The number of amides is 1. The van der Waals surface area contributed by atoms with Gasteiger partial charge in [-0.05, 0) is 25.1 Å². The van der Waals surface area contributed by atoms with Crippen LogP contribution in [-0.2, 0) is 11.3 Å². The van der Waals surface area contributed by atoms with Crippen molar-refractivity contribution in [3.63, 3.8) is 0 Å². The average molecular weight is 316 g/mol. The molecule has 0 bridgehead atoms. The smallest absolute Gasteiger partial charge is 0.427 e. The fraction of sp³-hybridized carbons (Fsp3) is 0.176. The van der Waals surface area contributed by atoms with E-state index in [1.807, 2.05) is 6.07 Å². The van der Waals surface area contributed by atoms with Gasteiger partial charge >= 0.3 is 6.09 Å². The van der Waals surface area contributed by atoms with Gasteiger partial charge in [0.25, 0.3) is 0 Å². The van der Waals surface area contributed by atoms with E-state index in [2.05, 4.69) is 10.5 Å². The van der Waals surface area contributed by atoms with Gasteiger partial charge in [0.2, 0.25) is 0 Å². The molecule has 1 N–H and O–H groups in total. The van der Waals surface area contributed by atoms with Crippen LogP contribution < -0.4 is 10.2 Å². The summed E-state index contributed by atoms with van der Waals surface area (Å²) < 4.78 is 23.9. The van der Waals surface area contributed by atoms with Gasteiger partial charge in [-0.25, -0.2) is 14.6 Å². The normalized spacial score (nSPS) is 10.5. The Balaban J connectivity index is 2.01. The molecule has 0 atom stereocenters. The number of hydrogen-bond donors (Lipinski definition) is 1. The van der Waals surface area contributed by atoms with Crippen molar-refractivity contribution >= 4 is 12.3 Å². The van der Waals surface area contributed by atoms with E-state index < -0.39 is 6.09 Å². The van der Waals surface area contributed by atoms with E-state index in [0.29, 0.717) is 16.9 Å². The molecule has 2 aromatic rings. The monoisotopic (exact) mass is 316 g/mol. The summed E-state index contributed by atoms with van der Waals surface area (Å²) in [6.45, 7) is 2.07. The zero-order valence-electron chi connectivity index (χ0n) is 12.7. The molecule has 0 radical (unpaired) electrons. The summed E-state index contributed by atoms with van der Waals surface area (Å²) in [6, 6.07) is 13.5. The van der Waals surface area contributed by atoms with Crippen LogP contribution in [0.1, 0.15) is 18.1 Å². The molecule has 0 unspecified atom stereocenters. The average Bonchev–Trinajstić information content (AvgIpc) is 2.55. The van der Waals surface area contributed by atoms with Crippen molar-refractivity contribution in [2.75, 3.05) is 6.61 Å². The number of rotatable bonds is 6. The number of nitrogens with one attached hydrogen (secondary N) is 1. The standard InChI is InChI=1S/C17H17FN2O3/c1-2-22-17(21)20-19-11-13-7-4-6-10-16(13)23-12-14-8-3-5-9-15(14)18/h3-11H,2,12H2,1H3,(H,20,21)/b19-11-. The molecular formula is C17H17FN2O3. The van der Waals surface area contributed by atoms with E-state index in [9.17, 15) is 9.18 Å². The molecule has 6 heteroatoms. The second-order valence-electron chi connectivity index (χ2n) is 4.51. The van der Waals surface area contributed by atoms with E-state index in [1.54, 1.807) is 43.3 Å². The highest BCUT2D eigenvalue weighted by Crippen LogP contribution is 2.18. The molecule has 1 amide bonds. The summed E-state index contributed by atoms with van der Waals surface area (Å²) in [6.07, 6.45) is 0.807. The van der Waals surface area contributed by atoms with Gasteiger partial charge in [0.1, 0.15) is 18.2 Å². The maximum absolute atomic E-state index is 13.6. The van der Waals surface area contributed by atoms with Gasteiger partial charge in [-0.1, -0.05) is 30.3 Å². The highest BCUT2D eigenvalue weighted by molar-refractivity contribution is 5.84. The summed E-state index contributed by atoms with van der Waals surface area (Å²) >= 11 is 0. The van der Waals surface area contributed by atoms with Gasteiger partial charge in [-0.2, -0.15) is 5.10 Å². The molecule has 0 aromatic heterocycles. The third-order valence-electron chi connectivity index (χ3n) is 2.89. The van der Waals surface area contributed by atoms with Crippen molar-refractivity contribution in [1.82, 2.24) is 5.43 Å². The third kappa shape index (κ3) is 5.10. The van der Waals surface area contributed by atoms with Crippen LogP contribution in [0.15, 0.2) is 53.6 Å². The summed E-state index contributed by atoms with van der Waals surface area (Å²) in [5.41, 5.74) is 3.35. The molecule has 0 saturated heterocycles. The molecular weight excluding hydrogens is 299 g/mol. The van der Waals surface area contributed by atoms with Crippen LogP contribution in [0.25, 0.3) is 0 Å². The minimum absolute atomic E-state index is 0.100. The van der Waals surface area contributed by atoms with Crippen molar-refractivity contribution < 1.29 is 18.7 Å². The van der Waals surface area contributed by atoms with Crippen molar-refractivity contribution in [3.05, 3.63) is 65.5 Å². The van der Waals surface area contributed by atoms with Crippen LogP contribution in [0.2, 0.25) is 0 Å². The fourth-order valence-electron chi connectivity index (χ4n) is 1.81. The first kappa shape index (κ1) is 16.5. The van der Waals surface area contributed by atoms with Gasteiger partial charge < -0.3 is 9.47 Å². The third-order valence-corrected chi connectivity index (χ3v) is 2.89. The van der Waals surface area contributed by atoms with Gasteiger partial charge in [0, 0.05) is 11.1 Å². The second kappa shape index (κ2) is 8.53. The van der Waals surface area contributed by atoms with E-state index >= 15 is 0 Å². The van der Waals surface area contributed by atoms with Crippen LogP contribution in [0.4, 0.5) is 9.18 Å². The number of ether oxygens (including phenoxy) is 2. The van der Waals surface area contributed by atoms with Crippen LogP contribution in [0, 0.1) is 5.82 Å². The van der Waals surface area contributed by atoms with Crippen LogP contribution >= 0.6 is 0 Å². The first-order chi connectivity index (χ1) is 11.2. The number of hydrazone groups is 1. The number of hydrogen-bond acceptors (Lipinski definition) is 4. The lowest BCUT2D eigenvalue weighted by Crippen LogP contribution is -2.18. The second-order valence-corrected chi connectivity index (χ2v) is 4.51. The predicted molar refractivity (Wildman–Crippen MR) is 84.9 cm³/mol. The first-order valence-corrected chi connectivity index (χ1v) is 7.11. The van der Waals surface area contributed by atoms with Gasteiger partial charge in [-0.15, -0.1) is 0 Å². The Morgan fingerprint density at radius 2 is 1.96 bits per heavy atom. The molecule has 2 aromatic carbocycles. The minimum Gasteiger partial charge on any atom is -0.488 e. The lowest BCUT2D eigenvalue weighted by Gasteiger charge is -2.09. The van der Waals surface area contributed by atoms with E-state index in [1.165, 1.54) is 12.3 Å². The number of para-hydroxylation sites is 1. The molecule has 5 nitrogen and oxygen atoms in total. The van der Waals surface area contributed by atoms with Gasteiger partial charge in [-0.3, -0.25) is 0 Å². The Bertz CT molecular complexity index is 689. The van der Waals surface area contributed by atoms with Crippen molar-refractivity contribution in [3.8, 4) is 5.75 Å². The van der Waals surface area contributed by atoms with Gasteiger partial charge in [0.05, 0.1) is 12.8 Å². The Kier molecular flexibility index (Phi) is 6.11. The van der Waals surface area contributed by atoms with E-state index in [4.69, 9.17) is 9.47 Å². The van der Waals surface area contributed by atoms with Crippen molar-refractivity contribution in [2.24, 2.45) is 5.10 Å². The fourth-order valence-corrected chi connectivity index (χ4v) is 1.81. The summed E-state index contributed by atoms with van der Waals surface area (Å²) in [7, 11) is 0.